The summed E-state index contributed by atoms with van der Waals surface area (Å²) >= 11 is 0. The van der Waals surface area contributed by atoms with Gasteiger partial charge in [0.1, 0.15) is 11.4 Å². The lowest BCUT2D eigenvalue weighted by Gasteiger charge is -2.33. The Morgan fingerprint density at radius 2 is 1.92 bits per heavy atom. The summed E-state index contributed by atoms with van der Waals surface area (Å²) in [5, 5.41) is 0. The lowest BCUT2D eigenvalue weighted by molar-refractivity contribution is 0.0165. The predicted octanol–water partition coefficient (Wildman–Crippen LogP) is 3.84. The molecule has 1 heterocycles. The van der Waals surface area contributed by atoms with Crippen LogP contribution in [0.5, 0.6) is 5.75 Å². The van der Waals surface area contributed by atoms with Gasteiger partial charge < -0.3 is 14.4 Å². The fraction of sp³-hybridized carbons (Fsp3) is 0.600. The van der Waals surface area contributed by atoms with Crippen LogP contribution >= 0.6 is 0 Å². The number of ketones is 1. The normalized spacial score (nSPS) is 18.2. The van der Waals surface area contributed by atoms with Crippen molar-refractivity contribution in [2.75, 3.05) is 19.7 Å². The average Bonchev–Trinajstić information content (AvgIpc) is 2.92. The van der Waals surface area contributed by atoms with Crippen LogP contribution in [0.1, 0.15) is 56.0 Å². The Balaban J connectivity index is 1.45. The van der Waals surface area contributed by atoms with Crippen LogP contribution in [0, 0.1) is 5.92 Å². The summed E-state index contributed by atoms with van der Waals surface area (Å²) in [6.07, 6.45) is 3.04. The monoisotopic (exact) mass is 345 g/mol. The van der Waals surface area contributed by atoms with Crippen molar-refractivity contribution in [1.82, 2.24) is 4.90 Å². The Morgan fingerprint density at radius 1 is 1.20 bits per heavy atom. The van der Waals surface area contributed by atoms with Crippen LogP contribution in [0.25, 0.3) is 0 Å². The van der Waals surface area contributed by atoms with Crippen molar-refractivity contribution < 1.29 is 19.1 Å². The third kappa shape index (κ3) is 4.53. The number of amides is 1. The molecule has 25 heavy (non-hydrogen) atoms. The molecule has 0 N–H and O–H groups in total. The molecule has 0 spiro atoms. The van der Waals surface area contributed by atoms with Crippen LogP contribution in [0.15, 0.2) is 18.2 Å². The Morgan fingerprint density at radius 3 is 2.60 bits per heavy atom. The summed E-state index contributed by atoms with van der Waals surface area (Å²) in [6.45, 7) is 7.72. The van der Waals surface area contributed by atoms with E-state index in [1.165, 1.54) is 0 Å². The number of nitrogens with zero attached hydrogens (tertiary/aromatic N) is 1. The number of aryl methyl sites for hydroxylation is 1. The highest BCUT2D eigenvalue weighted by Gasteiger charge is 2.27. The third-order valence-electron chi connectivity index (χ3n) is 4.75. The van der Waals surface area contributed by atoms with Gasteiger partial charge in [-0.3, -0.25) is 4.79 Å². The molecule has 0 aromatic heterocycles. The minimum atomic E-state index is -0.452. The maximum atomic E-state index is 12.1. The second kappa shape index (κ2) is 7.06. The molecular weight excluding hydrogens is 318 g/mol. The van der Waals surface area contributed by atoms with Gasteiger partial charge in [0, 0.05) is 25.1 Å². The largest absolute Gasteiger partial charge is 0.493 e. The van der Waals surface area contributed by atoms with E-state index in [0.29, 0.717) is 32.0 Å². The standard InChI is InChI=1S/C20H27NO4/c1-20(2,3)25-19(23)21-10-8-14(9-11-21)13-24-16-5-6-17-15(12-16)4-7-18(17)22/h5-6,12,14H,4,7-11,13H2,1-3H3. The van der Waals surface area contributed by atoms with Gasteiger partial charge in [-0.05, 0) is 69.7 Å². The minimum absolute atomic E-state index is 0.227. The SMILES string of the molecule is CC(C)(C)OC(=O)N1CCC(COc2ccc3c(c2)CCC3=O)CC1. The van der Waals surface area contributed by atoms with Crippen LogP contribution in [-0.2, 0) is 11.2 Å². The molecule has 0 unspecified atom stereocenters. The van der Waals surface area contributed by atoms with Crippen LogP contribution in [0.3, 0.4) is 0 Å². The first kappa shape index (κ1) is 17.8. The smallest absolute Gasteiger partial charge is 0.410 e. The van der Waals surface area contributed by atoms with E-state index in [2.05, 4.69) is 0 Å². The van der Waals surface area contributed by atoms with Gasteiger partial charge in [0.15, 0.2) is 5.78 Å². The summed E-state index contributed by atoms with van der Waals surface area (Å²) in [4.78, 5) is 25.5. The number of hydrogen-bond donors (Lipinski definition) is 0. The number of fused-ring (bicyclic) bond motifs is 1. The van der Waals surface area contributed by atoms with Gasteiger partial charge in [-0.2, -0.15) is 0 Å². The Labute approximate surface area is 149 Å². The number of carbonyl (C=O) groups excluding carboxylic acids is 2. The van der Waals surface area contributed by atoms with Crippen molar-refractivity contribution in [3.05, 3.63) is 29.3 Å². The number of carbonyl (C=O) groups is 2. The van der Waals surface area contributed by atoms with Crippen molar-refractivity contribution in [3.8, 4) is 5.75 Å². The van der Waals surface area contributed by atoms with E-state index in [1.54, 1.807) is 4.90 Å². The molecule has 1 aliphatic carbocycles. The number of ether oxygens (including phenoxy) is 2. The number of benzene rings is 1. The van der Waals surface area contributed by atoms with Gasteiger partial charge in [-0.25, -0.2) is 4.79 Å². The van der Waals surface area contributed by atoms with E-state index in [9.17, 15) is 9.59 Å². The van der Waals surface area contributed by atoms with Gasteiger partial charge in [0.05, 0.1) is 6.61 Å². The summed E-state index contributed by atoms with van der Waals surface area (Å²) in [7, 11) is 0. The molecule has 1 aromatic carbocycles. The quantitative estimate of drug-likeness (QED) is 0.835. The zero-order chi connectivity index (χ0) is 18.0. The molecule has 2 aliphatic rings. The van der Waals surface area contributed by atoms with Crippen LogP contribution in [-0.4, -0.2) is 42.1 Å². The molecule has 5 heteroatoms. The molecule has 1 fully saturated rings. The highest BCUT2D eigenvalue weighted by molar-refractivity contribution is 6.00. The highest BCUT2D eigenvalue weighted by atomic mass is 16.6. The number of piperidine rings is 1. The lowest BCUT2D eigenvalue weighted by atomic mass is 9.98. The van der Waals surface area contributed by atoms with Crippen molar-refractivity contribution in [2.45, 2.75) is 52.1 Å². The molecule has 1 aromatic rings. The van der Waals surface area contributed by atoms with Gasteiger partial charge in [-0.15, -0.1) is 0 Å². The number of hydrogen-bond acceptors (Lipinski definition) is 4. The molecule has 3 rings (SSSR count). The van der Waals surface area contributed by atoms with Gasteiger partial charge in [-0.1, -0.05) is 0 Å². The van der Waals surface area contributed by atoms with Crippen LogP contribution in [0.4, 0.5) is 4.79 Å². The van der Waals surface area contributed by atoms with E-state index < -0.39 is 5.60 Å². The first-order valence-electron chi connectivity index (χ1n) is 9.09. The molecule has 5 nitrogen and oxygen atoms in total. The molecule has 1 aliphatic heterocycles. The third-order valence-corrected chi connectivity index (χ3v) is 4.75. The summed E-state index contributed by atoms with van der Waals surface area (Å²) < 4.78 is 11.4. The van der Waals surface area contributed by atoms with E-state index in [0.717, 1.165) is 36.1 Å². The maximum Gasteiger partial charge on any atom is 0.410 e. The lowest BCUT2D eigenvalue weighted by Crippen LogP contribution is -2.42. The summed E-state index contributed by atoms with van der Waals surface area (Å²) in [6, 6.07) is 5.76. The molecule has 0 saturated carbocycles. The number of rotatable bonds is 3. The van der Waals surface area contributed by atoms with E-state index in [4.69, 9.17) is 9.47 Å². The fourth-order valence-electron chi connectivity index (χ4n) is 3.34. The Bertz CT molecular complexity index is 654. The zero-order valence-electron chi connectivity index (χ0n) is 15.3. The minimum Gasteiger partial charge on any atom is -0.493 e. The van der Waals surface area contributed by atoms with E-state index in [-0.39, 0.29) is 11.9 Å². The van der Waals surface area contributed by atoms with Gasteiger partial charge in [0.25, 0.3) is 0 Å². The predicted molar refractivity (Wildman–Crippen MR) is 95.1 cm³/mol. The average molecular weight is 345 g/mol. The molecular formula is C20H27NO4. The molecule has 0 bridgehead atoms. The molecule has 1 amide bonds. The maximum absolute atomic E-state index is 12.1. The second-order valence-electron chi connectivity index (χ2n) is 7.96. The molecule has 0 radical (unpaired) electrons. The van der Waals surface area contributed by atoms with Gasteiger partial charge >= 0.3 is 6.09 Å². The van der Waals surface area contributed by atoms with Crippen LogP contribution in [0.2, 0.25) is 0 Å². The van der Waals surface area contributed by atoms with Crippen molar-refractivity contribution in [1.29, 1.82) is 0 Å². The molecule has 0 atom stereocenters. The number of Topliss-reactive ketones (excluding diaryl/α,β-unsaturated/α-hetero) is 1. The van der Waals surface area contributed by atoms with Gasteiger partial charge in [0.2, 0.25) is 0 Å². The van der Waals surface area contributed by atoms with Crippen molar-refractivity contribution in [3.63, 3.8) is 0 Å². The second-order valence-corrected chi connectivity index (χ2v) is 7.96. The topological polar surface area (TPSA) is 55.8 Å². The Kier molecular flexibility index (Phi) is 5.02. The van der Waals surface area contributed by atoms with Crippen molar-refractivity contribution in [2.24, 2.45) is 5.92 Å². The van der Waals surface area contributed by atoms with E-state index >= 15 is 0 Å². The number of likely N-dealkylation sites (tertiary alicyclic amines) is 1. The summed E-state index contributed by atoms with van der Waals surface area (Å²) in [5.74, 6) is 1.51. The zero-order valence-corrected chi connectivity index (χ0v) is 15.3. The highest BCUT2D eigenvalue weighted by Crippen LogP contribution is 2.27. The first-order chi connectivity index (χ1) is 11.8. The van der Waals surface area contributed by atoms with E-state index in [1.807, 2.05) is 39.0 Å². The first-order valence-corrected chi connectivity index (χ1v) is 9.09. The van der Waals surface area contributed by atoms with Crippen LogP contribution < -0.4 is 4.74 Å². The van der Waals surface area contributed by atoms with Crippen molar-refractivity contribution >= 4 is 11.9 Å². The molecule has 1 saturated heterocycles. The fourth-order valence-corrected chi connectivity index (χ4v) is 3.34. The Hall–Kier alpha value is -2.04. The molecule has 136 valence electrons. The summed E-state index contributed by atoms with van der Waals surface area (Å²) in [5.41, 5.74) is 1.49.